The van der Waals surface area contributed by atoms with Gasteiger partial charge in [-0.15, -0.1) is 0 Å². The molecule has 0 aliphatic carbocycles. The zero-order valence-corrected chi connectivity index (χ0v) is 22.8. The molecule has 0 aromatic heterocycles. The van der Waals surface area contributed by atoms with E-state index in [4.69, 9.17) is 9.16 Å². The standard InChI is InChI=1S/C31H35NO4Si/c1-31(2,3)37(26-18-10-5-11-19-26,27-20-12-6-13-21-27)36-23-15-7-14-22-29(33)32-28(24-35-30(32)34)25-16-8-4-9-17-25/h4-6,8-14,16-22,28H,7,15,23-24H2,1-3H3/b22-14+/t28-/m1/s1. The van der Waals surface area contributed by atoms with Gasteiger partial charge in [-0.1, -0.05) is 118 Å². The Bertz CT molecular complexity index is 1170. The van der Waals surface area contributed by atoms with E-state index in [0.717, 1.165) is 12.0 Å². The van der Waals surface area contributed by atoms with Crippen LogP contribution in [-0.2, 0) is 14.0 Å². The molecule has 1 heterocycles. The van der Waals surface area contributed by atoms with Crippen LogP contribution in [0.3, 0.4) is 0 Å². The lowest BCUT2D eigenvalue weighted by Crippen LogP contribution is -2.66. The normalized spacial score (nSPS) is 16.2. The molecule has 6 heteroatoms. The van der Waals surface area contributed by atoms with E-state index in [9.17, 15) is 9.59 Å². The van der Waals surface area contributed by atoms with Gasteiger partial charge in [-0.25, -0.2) is 9.69 Å². The summed E-state index contributed by atoms with van der Waals surface area (Å²) in [5.41, 5.74) is 0.883. The maximum atomic E-state index is 12.8. The van der Waals surface area contributed by atoms with Crippen molar-refractivity contribution in [2.45, 2.75) is 44.7 Å². The van der Waals surface area contributed by atoms with E-state index in [2.05, 4.69) is 69.3 Å². The lowest BCUT2D eigenvalue weighted by atomic mass is 10.1. The number of carbonyl (C=O) groups excluding carboxylic acids is 2. The summed E-state index contributed by atoms with van der Waals surface area (Å²) in [5.74, 6) is -0.357. The predicted octanol–water partition coefficient (Wildman–Crippen LogP) is 5.62. The van der Waals surface area contributed by atoms with Crippen LogP contribution in [0.15, 0.2) is 103 Å². The SMILES string of the molecule is CC(C)(C)[Si](OCCC/C=C/C(=O)N1C(=O)OC[C@@H]1c1ccccc1)(c1ccccc1)c1ccccc1. The summed E-state index contributed by atoms with van der Waals surface area (Å²) in [6.45, 7) is 7.53. The van der Waals surface area contributed by atoms with Crippen molar-refractivity contribution in [3.8, 4) is 0 Å². The van der Waals surface area contributed by atoms with Crippen molar-refractivity contribution in [1.82, 2.24) is 4.90 Å². The van der Waals surface area contributed by atoms with E-state index >= 15 is 0 Å². The zero-order chi connectivity index (χ0) is 26.3. The van der Waals surface area contributed by atoms with Gasteiger partial charge in [-0.3, -0.25) is 4.79 Å². The van der Waals surface area contributed by atoms with Gasteiger partial charge < -0.3 is 9.16 Å². The quantitative estimate of drug-likeness (QED) is 0.212. The lowest BCUT2D eigenvalue weighted by Gasteiger charge is -2.43. The number of rotatable bonds is 9. The number of nitrogens with zero attached hydrogens (tertiary/aromatic N) is 1. The van der Waals surface area contributed by atoms with Crippen molar-refractivity contribution in [3.05, 3.63) is 109 Å². The Morgan fingerprint density at radius 1 is 0.946 bits per heavy atom. The maximum Gasteiger partial charge on any atom is 0.417 e. The average molecular weight is 514 g/mol. The first-order valence-corrected chi connectivity index (χ1v) is 14.7. The molecule has 1 aliphatic heterocycles. The second kappa shape index (κ2) is 11.7. The zero-order valence-electron chi connectivity index (χ0n) is 21.8. The van der Waals surface area contributed by atoms with E-state index < -0.39 is 20.5 Å². The molecule has 4 rings (SSSR count). The van der Waals surface area contributed by atoms with Crippen molar-refractivity contribution >= 4 is 30.7 Å². The van der Waals surface area contributed by atoms with Crippen LogP contribution in [0.5, 0.6) is 0 Å². The highest BCUT2D eigenvalue weighted by molar-refractivity contribution is 6.99. The van der Waals surface area contributed by atoms with Crippen LogP contribution in [0.1, 0.15) is 45.2 Å². The molecule has 3 aromatic carbocycles. The van der Waals surface area contributed by atoms with Crippen molar-refractivity contribution in [3.63, 3.8) is 0 Å². The average Bonchev–Trinajstić information content (AvgIpc) is 3.30. The molecule has 1 atom stereocenters. The van der Waals surface area contributed by atoms with E-state index in [1.165, 1.54) is 21.3 Å². The van der Waals surface area contributed by atoms with Crippen molar-refractivity contribution in [2.75, 3.05) is 13.2 Å². The monoisotopic (exact) mass is 513 g/mol. The molecular formula is C31H35NO4Si. The van der Waals surface area contributed by atoms with Crippen LogP contribution in [0.4, 0.5) is 4.79 Å². The number of allylic oxidation sites excluding steroid dienone is 1. The number of imide groups is 1. The summed E-state index contributed by atoms with van der Waals surface area (Å²) < 4.78 is 12.1. The molecule has 1 fully saturated rings. The second-order valence-corrected chi connectivity index (χ2v) is 14.6. The highest BCUT2D eigenvalue weighted by Gasteiger charge is 2.49. The first kappa shape index (κ1) is 26.6. The largest absolute Gasteiger partial charge is 0.446 e. The van der Waals surface area contributed by atoms with E-state index in [1.807, 2.05) is 48.5 Å². The van der Waals surface area contributed by atoms with E-state index in [0.29, 0.717) is 13.0 Å². The Morgan fingerprint density at radius 2 is 1.49 bits per heavy atom. The number of ether oxygens (including phenoxy) is 1. The van der Waals surface area contributed by atoms with Gasteiger partial charge in [-0.05, 0) is 39.9 Å². The van der Waals surface area contributed by atoms with Gasteiger partial charge in [-0.2, -0.15) is 0 Å². The molecule has 192 valence electrons. The van der Waals surface area contributed by atoms with Crippen LogP contribution in [0.2, 0.25) is 5.04 Å². The molecular weight excluding hydrogens is 478 g/mol. The topological polar surface area (TPSA) is 55.8 Å². The highest BCUT2D eigenvalue weighted by Crippen LogP contribution is 2.36. The van der Waals surface area contributed by atoms with E-state index in [-0.39, 0.29) is 17.6 Å². The minimum absolute atomic E-state index is 0.0793. The Labute approximate surface area is 220 Å². The molecule has 0 unspecified atom stereocenters. The van der Waals surface area contributed by atoms with Gasteiger partial charge in [0.2, 0.25) is 0 Å². The van der Waals surface area contributed by atoms with Crippen molar-refractivity contribution in [1.29, 1.82) is 0 Å². The summed E-state index contributed by atoms with van der Waals surface area (Å²) in [4.78, 5) is 26.3. The fraction of sp³-hybridized carbons (Fsp3) is 0.290. The fourth-order valence-electron chi connectivity index (χ4n) is 5.04. The van der Waals surface area contributed by atoms with Crippen LogP contribution in [0, 0.1) is 0 Å². The summed E-state index contributed by atoms with van der Waals surface area (Å²) in [5, 5.41) is 2.42. The van der Waals surface area contributed by atoms with Crippen LogP contribution in [-0.4, -0.2) is 38.4 Å². The summed E-state index contributed by atoms with van der Waals surface area (Å²) in [7, 11) is -2.57. The number of hydrogen-bond acceptors (Lipinski definition) is 4. The number of amides is 2. The van der Waals surface area contributed by atoms with Crippen LogP contribution in [0.25, 0.3) is 0 Å². The number of cyclic esters (lactones) is 1. The van der Waals surface area contributed by atoms with Gasteiger partial charge in [0.15, 0.2) is 0 Å². The lowest BCUT2D eigenvalue weighted by molar-refractivity contribution is -0.124. The summed E-state index contributed by atoms with van der Waals surface area (Å²) in [6, 6.07) is 30.2. The van der Waals surface area contributed by atoms with Crippen molar-refractivity contribution < 1.29 is 18.8 Å². The third-order valence-electron chi connectivity index (χ3n) is 6.81. The minimum Gasteiger partial charge on any atom is -0.446 e. The fourth-order valence-corrected chi connectivity index (χ4v) is 9.64. The summed E-state index contributed by atoms with van der Waals surface area (Å²) in [6.07, 6.45) is 4.14. The Kier molecular flexibility index (Phi) is 8.41. The van der Waals surface area contributed by atoms with Gasteiger partial charge in [0.25, 0.3) is 14.2 Å². The predicted molar refractivity (Wildman–Crippen MR) is 149 cm³/mol. The van der Waals surface area contributed by atoms with Gasteiger partial charge in [0.1, 0.15) is 12.6 Å². The number of hydrogen-bond donors (Lipinski definition) is 0. The van der Waals surface area contributed by atoms with Gasteiger partial charge >= 0.3 is 6.09 Å². The first-order chi connectivity index (χ1) is 17.8. The van der Waals surface area contributed by atoms with Gasteiger partial charge in [0, 0.05) is 6.61 Å². The molecule has 0 N–H and O–H groups in total. The molecule has 37 heavy (non-hydrogen) atoms. The third-order valence-corrected chi connectivity index (χ3v) is 11.8. The van der Waals surface area contributed by atoms with Crippen molar-refractivity contribution in [2.24, 2.45) is 0 Å². The molecule has 5 nitrogen and oxygen atoms in total. The first-order valence-electron chi connectivity index (χ1n) is 12.8. The molecule has 1 saturated heterocycles. The molecule has 0 bridgehead atoms. The van der Waals surface area contributed by atoms with Crippen LogP contribution >= 0.6 is 0 Å². The summed E-state index contributed by atoms with van der Waals surface area (Å²) >= 11 is 0. The molecule has 0 radical (unpaired) electrons. The number of unbranched alkanes of at least 4 members (excludes halogenated alkanes) is 1. The maximum absolute atomic E-state index is 12.8. The highest BCUT2D eigenvalue weighted by atomic mass is 28.4. The smallest absolute Gasteiger partial charge is 0.417 e. The number of carbonyl (C=O) groups is 2. The molecule has 2 amide bonds. The number of benzene rings is 3. The second-order valence-electron chi connectivity index (χ2n) is 10.3. The van der Waals surface area contributed by atoms with Crippen LogP contribution < -0.4 is 10.4 Å². The Morgan fingerprint density at radius 3 is 2.03 bits per heavy atom. The minimum atomic E-state index is -2.57. The Hall–Kier alpha value is -3.48. The molecule has 0 saturated carbocycles. The molecule has 1 aliphatic rings. The molecule has 3 aromatic rings. The molecule has 0 spiro atoms. The Balaban J connectivity index is 1.42. The van der Waals surface area contributed by atoms with Gasteiger partial charge in [0.05, 0.1) is 0 Å². The van der Waals surface area contributed by atoms with E-state index in [1.54, 1.807) is 0 Å². The third kappa shape index (κ3) is 5.76.